The zero-order valence-corrected chi connectivity index (χ0v) is 10.7. The number of nitrogens with one attached hydrogen (secondary N) is 1. The number of carbonyl (C=O) groups excluding carboxylic acids is 1. The first-order valence-corrected chi connectivity index (χ1v) is 5.73. The molecule has 0 aliphatic rings. The first kappa shape index (κ1) is 13.7. The van der Waals surface area contributed by atoms with E-state index in [9.17, 15) is 4.79 Å². The quantitative estimate of drug-likeness (QED) is 0.833. The van der Waals surface area contributed by atoms with Gasteiger partial charge < -0.3 is 15.3 Å². The number of pyridine rings is 1. The average Bonchev–Trinajstić information content (AvgIpc) is 2.31. The predicted octanol–water partition coefficient (Wildman–Crippen LogP) is 1.23. The lowest BCUT2D eigenvalue weighted by atomic mass is 10.2. The smallest absolute Gasteiger partial charge is 0.255 e. The second kappa shape index (κ2) is 6.42. The van der Waals surface area contributed by atoms with Gasteiger partial charge in [-0.2, -0.15) is 0 Å². The molecule has 1 amide bonds. The van der Waals surface area contributed by atoms with E-state index in [1.165, 1.54) is 11.1 Å². The third-order valence-corrected chi connectivity index (χ3v) is 2.53. The van der Waals surface area contributed by atoms with Crippen LogP contribution in [0.25, 0.3) is 0 Å². The summed E-state index contributed by atoms with van der Waals surface area (Å²) in [7, 11) is 1.61. The fraction of sp³-hybridized carbons (Fsp3) is 0.455. The molecule has 0 saturated carbocycles. The van der Waals surface area contributed by atoms with Crippen molar-refractivity contribution in [3.05, 3.63) is 22.8 Å². The maximum absolute atomic E-state index is 12.0. The van der Waals surface area contributed by atoms with Crippen molar-refractivity contribution in [2.24, 2.45) is 0 Å². The lowest BCUT2D eigenvalue weighted by molar-refractivity contribution is 0.0767. The van der Waals surface area contributed by atoms with Gasteiger partial charge in [-0.1, -0.05) is 11.6 Å². The minimum absolute atomic E-state index is 0.0784. The Bertz CT molecular complexity index is 398. The zero-order valence-electron chi connectivity index (χ0n) is 9.90. The Labute approximate surface area is 105 Å². The standard InChI is InChI=1S/C11H16ClN3O2/c1-3-13-10-6-8(9(12)7-14-10)11(17)15(2)4-5-16/h6-7,16H,3-5H2,1-2H3,(H,13,14). The zero-order chi connectivity index (χ0) is 12.8. The van der Waals surface area contributed by atoms with Crippen LogP contribution in [0.2, 0.25) is 5.02 Å². The largest absolute Gasteiger partial charge is 0.395 e. The van der Waals surface area contributed by atoms with Gasteiger partial charge in [-0.15, -0.1) is 0 Å². The number of anilines is 1. The number of amides is 1. The molecule has 0 aliphatic heterocycles. The van der Waals surface area contributed by atoms with Crippen molar-refractivity contribution in [1.29, 1.82) is 0 Å². The van der Waals surface area contributed by atoms with Crippen molar-refractivity contribution in [3.63, 3.8) is 0 Å². The molecule has 0 radical (unpaired) electrons. The summed E-state index contributed by atoms with van der Waals surface area (Å²) in [5, 5.41) is 12.1. The summed E-state index contributed by atoms with van der Waals surface area (Å²) in [4.78, 5) is 17.5. The van der Waals surface area contributed by atoms with Crippen molar-refractivity contribution < 1.29 is 9.90 Å². The van der Waals surface area contributed by atoms with Crippen molar-refractivity contribution in [2.75, 3.05) is 32.1 Å². The van der Waals surface area contributed by atoms with Crippen LogP contribution >= 0.6 is 11.6 Å². The van der Waals surface area contributed by atoms with Crippen LogP contribution in [-0.4, -0.2) is 47.6 Å². The summed E-state index contributed by atoms with van der Waals surface area (Å²) in [6.45, 7) is 2.85. The first-order valence-electron chi connectivity index (χ1n) is 5.35. The topological polar surface area (TPSA) is 65.5 Å². The van der Waals surface area contributed by atoms with Gasteiger partial charge in [-0.3, -0.25) is 4.79 Å². The third kappa shape index (κ3) is 3.57. The Hall–Kier alpha value is -1.33. The van der Waals surface area contributed by atoms with Gasteiger partial charge in [0.2, 0.25) is 0 Å². The minimum Gasteiger partial charge on any atom is -0.395 e. The van der Waals surface area contributed by atoms with Crippen LogP contribution in [0, 0.1) is 0 Å². The van der Waals surface area contributed by atoms with Crippen LogP contribution in [0.3, 0.4) is 0 Å². The summed E-state index contributed by atoms with van der Waals surface area (Å²) in [6, 6.07) is 1.61. The van der Waals surface area contributed by atoms with Crippen LogP contribution in [0.4, 0.5) is 5.82 Å². The number of rotatable bonds is 5. The van der Waals surface area contributed by atoms with Gasteiger partial charge in [0.25, 0.3) is 5.91 Å². The van der Waals surface area contributed by atoms with Crippen LogP contribution < -0.4 is 5.32 Å². The highest BCUT2D eigenvalue weighted by molar-refractivity contribution is 6.33. The molecule has 0 aliphatic carbocycles. The molecular weight excluding hydrogens is 242 g/mol. The number of halogens is 1. The molecule has 5 nitrogen and oxygen atoms in total. The number of hydrogen-bond acceptors (Lipinski definition) is 4. The molecule has 0 aromatic carbocycles. The highest BCUT2D eigenvalue weighted by Gasteiger charge is 2.15. The Morgan fingerprint density at radius 3 is 2.94 bits per heavy atom. The predicted molar refractivity (Wildman–Crippen MR) is 67.5 cm³/mol. The third-order valence-electron chi connectivity index (χ3n) is 2.23. The number of aliphatic hydroxyl groups is 1. The van der Waals surface area contributed by atoms with Gasteiger partial charge in [-0.05, 0) is 13.0 Å². The average molecular weight is 258 g/mol. The molecule has 94 valence electrons. The number of hydrogen-bond donors (Lipinski definition) is 2. The van der Waals surface area contributed by atoms with E-state index in [4.69, 9.17) is 16.7 Å². The molecule has 17 heavy (non-hydrogen) atoms. The minimum atomic E-state index is -0.231. The highest BCUT2D eigenvalue weighted by Crippen LogP contribution is 2.19. The van der Waals surface area contributed by atoms with Gasteiger partial charge in [0, 0.05) is 26.3 Å². The first-order chi connectivity index (χ1) is 8.10. The lowest BCUT2D eigenvalue weighted by Crippen LogP contribution is -2.29. The highest BCUT2D eigenvalue weighted by atomic mass is 35.5. The normalized spacial score (nSPS) is 10.1. The maximum atomic E-state index is 12.0. The number of nitrogens with zero attached hydrogens (tertiary/aromatic N) is 2. The number of aromatic nitrogens is 1. The van der Waals surface area contributed by atoms with E-state index in [1.54, 1.807) is 13.1 Å². The molecule has 1 aromatic rings. The van der Waals surface area contributed by atoms with Crippen molar-refractivity contribution in [1.82, 2.24) is 9.88 Å². The van der Waals surface area contributed by atoms with Crippen molar-refractivity contribution in [3.8, 4) is 0 Å². The van der Waals surface area contributed by atoms with Crippen LogP contribution in [0.15, 0.2) is 12.3 Å². The number of carbonyl (C=O) groups is 1. The summed E-state index contributed by atoms with van der Waals surface area (Å²) in [5.41, 5.74) is 0.383. The molecule has 0 unspecified atom stereocenters. The van der Waals surface area contributed by atoms with E-state index >= 15 is 0 Å². The summed E-state index contributed by atoms with van der Waals surface area (Å²) >= 11 is 5.94. The molecule has 6 heteroatoms. The Morgan fingerprint density at radius 1 is 1.65 bits per heavy atom. The number of aliphatic hydroxyl groups excluding tert-OH is 1. The molecule has 2 N–H and O–H groups in total. The van der Waals surface area contributed by atoms with Gasteiger partial charge >= 0.3 is 0 Å². The van der Waals surface area contributed by atoms with E-state index in [-0.39, 0.29) is 19.1 Å². The number of likely N-dealkylation sites (N-methyl/N-ethyl adjacent to an activating group) is 1. The van der Waals surface area contributed by atoms with Crippen molar-refractivity contribution >= 4 is 23.3 Å². The summed E-state index contributed by atoms with van der Waals surface area (Å²) in [5.74, 6) is 0.378. The Balaban J connectivity index is 2.95. The molecule has 0 bridgehead atoms. The van der Waals surface area contributed by atoms with Gasteiger partial charge in [-0.25, -0.2) is 4.98 Å². The van der Waals surface area contributed by atoms with Crippen molar-refractivity contribution in [2.45, 2.75) is 6.92 Å². The van der Waals surface area contributed by atoms with E-state index in [2.05, 4.69) is 10.3 Å². The second-order valence-corrected chi connectivity index (χ2v) is 3.94. The fourth-order valence-electron chi connectivity index (χ4n) is 1.34. The maximum Gasteiger partial charge on any atom is 0.255 e. The molecular formula is C11H16ClN3O2. The second-order valence-electron chi connectivity index (χ2n) is 3.53. The van der Waals surface area contributed by atoms with Gasteiger partial charge in [0.05, 0.1) is 17.2 Å². The summed E-state index contributed by atoms with van der Waals surface area (Å²) in [6.07, 6.45) is 1.44. The van der Waals surface area contributed by atoms with Crippen LogP contribution in [0.5, 0.6) is 0 Å². The Morgan fingerprint density at radius 2 is 2.35 bits per heavy atom. The molecule has 1 rings (SSSR count). The molecule has 1 aromatic heterocycles. The molecule has 0 atom stereocenters. The molecule has 0 fully saturated rings. The molecule has 0 spiro atoms. The SMILES string of the molecule is CCNc1cc(C(=O)N(C)CCO)c(Cl)cn1. The fourth-order valence-corrected chi connectivity index (χ4v) is 1.52. The summed E-state index contributed by atoms with van der Waals surface area (Å²) < 4.78 is 0. The monoisotopic (exact) mass is 257 g/mol. The van der Waals surface area contributed by atoms with E-state index in [0.717, 1.165) is 6.54 Å². The van der Waals surface area contributed by atoms with Crippen LogP contribution in [-0.2, 0) is 0 Å². The van der Waals surface area contributed by atoms with Gasteiger partial charge in [0.15, 0.2) is 0 Å². The Kier molecular flexibility index (Phi) is 5.18. The van der Waals surface area contributed by atoms with E-state index in [0.29, 0.717) is 16.4 Å². The van der Waals surface area contributed by atoms with E-state index in [1.807, 2.05) is 6.92 Å². The van der Waals surface area contributed by atoms with E-state index < -0.39 is 0 Å². The lowest BCUT2D eigenvalue weighted by Gasteiger charge is -2.16. The molecule has 0 saturated heterocycles. The van der Waals surface area contributed by atoms with Gasteiger partial charge in [0.1, 0.15) is 5.82 Å². The molecule has 1 heterocycles. The van der Waals surface area contributed by atoms with Crippen LogP contribution in [0.1, 0.15) is 17.3 Å².